The zero-order valence-electron chi connectivity index (χ0n) is 24.7. The Morgan fingerprint density at radius 1 is 0.763 bits per heavy atom. The van der Waals surface area contributed by atoms with E-state index in [1.54, 1.807) is 13.8 Å². The molecule has 0 saturated carbocycles. The van der Waals surface area contributed by atoms with Gasteiger partial charge in [-0.1, -0.05) is 20.8 Å². The van der Waals surface area contributed by atoms with E-state index in [9.17, 15) is 14.8 Å². The summed E-state index contributed by atoms with van der Waals surface area (Å²) in [4.78, 5) is 0. The fourth-order valence-corrected chi connectivity index (χ4v) is 12.3. The third-order valence-electron chi connectivity index (χ3n) is 5.70. The minimum absolute atomic E-state index is 0.0219. The van der Waals surface area contributed by atoms with E-state index in [1.165, 1.54) is 11.4 Å². The van der Waals surface area contributed by atoms with Crippen LogP contribution in [0.25, 0.3) is 0 Å². The van der Waals surface area contributed by atoms with Gasteiger partial charge in [0.25, 0.3) is 0 Å². The topological polar surface area (TPSA) is 113 Å². The highest BCUT2D eigenvalue weighted by Gasteiger charge is 2.35. The summed E-state index contributed by atoms with van der Waals surface area (Å²) in [5.41, 5.74) is 0. The van der Waals surface area contributed by atoms with Gasteiger partial charge in [0, 0.05) is 63.1 Å². The number of aliphatic hydroxyl groups is 2. The summed E-state index contributed by atoms with van der Waals surface area (Å²) in [6.45, 7) is 13.3. The molecule has 5 unspecified atom stereocenters. The summed E-state index contributed by atoms with van der Waals surface area (Å²) >= 11 is 5.57. The number of hydrogen-bond acceptors (Lipinski definition) is 11. The number of hydrogen-bond donors (Lipinski definition) is 3. The Balaban J connectivity index is 4.99. The zero-order valence-corrected chi connectivity index (χ0v) is 29.3. The van der Waals surface area contributed by atoms with E-state index >= 15 is 0 Å². The van der Waals surface area contributed by atoms with Gasteiger partial charge >= 0.3 is 23.9 Å². The smallest absolute Gasteiger partial charge is 0.389 e. The predicted molar refractivity (Wildman–Crippen MR) is 165 cm³/mol. The first-order valence-electron chi connectivity index (χ1n) is 13.8. The van der Waals surface area contributed by atoms with E-state index in [2.05, 4.69) is 26.1 Å². The van der Waals surface area contributed by atoms with Crippen LogP contribution in [-0.2, 0) is 31.3 Å². The van der Waals surface area contributed by atoms with Crippen LogP contribution >= 0.6 is 30.8 Å². The molecule has 230 valence electrons. The standard InChI is InChI=1S/C24H55O9PS2Si2/c1-8-28-34(27,29-9-2)36-13-11-15-38(7,31-19-23(4)17-26)33-21-24(5)20-32-37(6,14-10-12-35)30-18-22(3)16-25/h22-26,35H,8-21H2,1-7H3. The first-order chi connectivity index (χ1) is 17.9. The Morgan fingerprint density at radius 2 is 1.16 bits per heavy atom. The van der Waals surface area contributed by atoms with Gasteiger partial charge < -0.3 is 37.0 Å². The third kappa shape index (κ3) is 18.5. The lowest BCUT2D eigenvalue weighted by atomic mass is 10.2. The summed E-state index contributed by atoms with van der Waals surface area (Å²) in [7, 11) is -4.96. The minimum Gasteiger partial charge on any atom is -0.396 e. The van der Waals surface area contributed by atoms with Gasteiger partial charge in [-0.25, -0.2) is 4.57 Å². The highest BCUT2D eigenvalue weighted by molar-refractivity contribution is 8.55. The van der Waals surface area contributed by atoms with Gasteiger partial charge in [-0.3, -0.25) is 0 Å². The summed E-state index contributed by atoms with van der Waals surface area (Å²) in [5, 5.41) is 18.8. The van der Waals surface area contributed by atoms with Crippen LogP contribution in [-0.4, -0.2) is 91.7 Å². The normalized spacial score (nSPS) is 18.1. The molecule has 0 heterocycles. The van der Waals surface area contributed by atoms with Crippen LogP contribution in [0.3, 0.4) is 0 Å². The zero-order chi connectivity index (χ0) is 29.1. The van der Waals surface area contributed by atoms with Crippen molar-refractivity contribution in [3.05, 3.63) is 0 Å². The molecule has 0 radical (unpaired) electrons. The Morgan fingerprint density at radius 3 is 1.53 bits per heavy atom. The van der Waals surface area contributed by atoms with Crippen LogP contribution in [0.1, 0.15) is 47.5 Å². The molecule has 0 aromatic carbocycles. The van der Waals surface area contributed by atoms with Crippen molar-refractivity contribution in [3.8, 4) is 0 Å². The van der Waals surface area contributed by atoms with E-state index in [0.29, 0.717) is 45.4 Å². The van der Waals surface area contributed by atoms with Crippen LogP contribution < -0.4 is 0 Å². The fourth-order valence-electron chi connectivity index (χ4n) is 3.20. The molecular formula is C24H55O9PS2Si2. The highest BCUT2D eigenvalue weighted by Crippen LogP contribution is 2.60. The molecule has 0 aromatic heterocycles. The van der Waals surface area contributed by atoms with E-state index in [4.69, 9.17) is 26.8 Å². The SMILES string of the molecule is CCOP(=O)(OCC)SCCC[Si](C)(OCC(C)CO)OCC(C)CO[Si](C)(CCCS)OCC(C)CO. The maximum atomic E-state index is 12.7. The molecule has 0 aliphatic rings. The van der Waals surface area contributed by atoms with Gasteiger partial charge in [0.15, 0.2) is 0 Å². The molecule has 0 amide bonds. The summed E-state index contributed by atoms with van der Waals surface area (Å²) in [5.74, 6) is 1.61. The molecule has 0 aromatic rings. The molecule has 0 aliphatic heterocycles. The van der Waals surface area contributed by atoms with Crippen LogP contribution in [0, 0.1) is 17.8 Å². The van der Waals surface area contributed by atoms with Crippen molar-refractivity contribution in [1.82, 2.24) is 0 Å². The van der Waals surface area contributed by atoms with Gasteiger partial charge in [-0.2, -0.15) is 12.6 Å². The fraction of sp³-hybridized carbons (Fsp3) is 1.00. The Bertz CT molecular complexity index is 634. The molecule has 0 fully saturated rings. The Labute approximate surface area is 243 Å². The van der Waals surface area contributed by atoms with Crippen molar-refractivity contribution in [2.24, 2.45) is 17.8 Å². The maximum absolute atomic E-state index is 12.7. The first-order valence-corrected chi connectivity index (χ1v) is 22.6. The summed E-state index contributed by atoms with van der Waals surface area (Å²) < 4.78 is 48.7. The monoisotopic (exact) mass is 638 g/mol. The third-order valence-corrected chi connectivity index (χ3v) is 15.7. The summed E-state index contributed by atoms with van der Waals surface area (Å²) in [6, 6.07) is 1.57. The molecule has 0 saturated heterocycles. The lowest BCUT2D eigenvalue weighted by molar-refractivity contribution is 0.0871. The Hall–Kier alpha value is 1.04. The molecule has 9 nitrogen and oxygen atoms in total. The van der Waals surface area contributed by atoms with Gasteiger partial charge in [0.05, 0.1) is 13.2 Å². The number of aliphatic hydroxyl groups excluding tert-OH is 2. The van der Waals surface area contributed by atoms with Crippen LogP contribution in [0.2, 0.25) is 25.2 Å². The summed E-state index contributed by atoms with van der Waals surface area (Å²) in [6.07, 6.45) is 1.67. The van der Waals surface area contributed by atoms with E-state index in [0.717, 1.165) is 30.7 Å². The van der Waals surface area contributed by atoms with Crippen LogP contribution in [0.15, 0.2) is 0 Å². The van der Waals surface area contributed by atoms with E-state index < -0.39 is 23.9 Å². The van der Waals surface area contributed by atoms with E-state index in [-0.39, 0.29) is 31.0 Å². The first kappa shape index (κ1) is 39.0. The molecule has 0 spiro atoms. The molecule has 38 heavy (non-hydrogen) atoms. The van der Waals surface area contributed by atoms with Crippen LogP contribution in [0.4, 0.5) is 0 Å². The van der Waals surface area contributed by atoms with Crippen molar-refractivity contribution in [2.75, 3.05) is 64.4 Å². The number of rotatable bonds is 26. The van der Waals surface area contributed by atoms with Gasteiger partial charge in [0.2, 0.25) is 0 Å². The minimum atomic E-state index is -3.14. The second-order valence-corrected chi connectivity index (χ2v) is 21.6. The maximum Gasteiger partial charge on any atom is 0.389 e. The Kier molecular flexibility index (Phi) is 22.3. The molecule has 14 heteroatoms. The molecular weight excluding hydrogens is 584 g/mol. The molecule has 0 aliphatic carbocycles. The van der Waals surface area contributed by atoms with Gasteiger partial charge in [0.1, 0.15) is 0 Å². The lowest BCUT2D eigenvalue weighted by Gasteiger charge is -2.32. The van der Waals surface area contributed by atoms with Crippen molar-refractivity contribution < 1.29 is 41.5 Å². The second-order valence-electron chi connectivity index (χ2n) is 10.2. The van der Waals surface area contributed by atoms with Crippen LogP contribution in [0.5, 0.6) is 0 Å². The van der Waals surface area contributed by atoms with Gasteiger partial charge in [-0.05, 0) is 69.0 Å². The van der Waals surface area contributed by atoms with Crippen molar-refractivity contribution in [2.45, 2.75) is 72.6 Å². The molecule has 5 atom stereocenters. The van der Waals surface area contributed by atoms with Crippen molar-refractivity contribution in [3.63, 3.8) is 0 Å². The average molecular weight is 639 g/mol. The van der Waals surface area contributed by atoms with Crippen molar-refractivity contribution >= 4 is 47.9 Å². The van der Waals surface area contributed by atoms with E-state index in [1.807, 2.05) is 20.4 Å². The number of thiol groups is 1. The molecule has 2 N–H and O–H groups in total. The lowest BCUT2D eigenvalue weighted by Crippen LogP contribution is -2.43. The predicted octanol–water partition coefficient (Wildman–Crippen LogP) is 5.71. The quantitative estimate of drug-likeness (QED) is 0.0471. The van der Waals surface area contributed by atoms with Gasteiger partial charge in [-0.15, -0.1) is 0 Å². The average Bonchev–Trinajstić information content (AvgIpc) is 2.90. The highest BCUT2D eigenvalue weighted by atomic mass is 32.7. The second kappa shape index (κ2) is 21.7. The molecule has 0 bridgehead atoms. The van der Waals surface area contributed by atoms with Crippen molar-refractivity contribution in [1.29, 1.82) is 0 Å². The largest absolute Gasteiger partial charge is 0.396 e. The molecule has 0 rings (SSSR count).